The Bertz CT molecular complexity index is 1350. The summed E-state index contributed by atoms with van der Waals surface area (Å²) >= 11 is 1.13. The third-order valence-corrected chi connectivity index (χ3v) is 5.82. The summed E-state index contributed by atoms with van der Waals surface area (Å²) in [5.74, 6) is -0.0956. The van der Waals surface area contributed by atoms with Crippen LogP contribution in [0.25, 0.3) is 16.6 Å². The number of benzene rings is 3. The molecule has 32 heavy (non-hydrogen) atoms. The van der Waals surface area contributed by atoms with E-state index in [2.05, 4.69) is 10.3 Å². The molecule has 4 rings (SSSR count). The number of hydrogen-bond donors (Lipinski definition) is 1. The van der Waals surface area contributed by atoms with Crippen LogP contribution in [0.15, 0.2) is 76.7 Å². The van der Waals surface area contributed by atoms with Gasteiger partial charge in [-0.25, -0.2) is 9.37 Å². The molecule has 0 radical (unpaired) electrons. The zero-order chi connectivity index (χ0) is 22.7. The largest absolute Gasteiger partial charge is 0.497 e. The van der Waals surface area contributed by atoms with Gasteiger partial charge in [0.25, 0.3) is 5.56 Å². The molecule has 0 atom stereocenters. The first-order valence-corrected chi connectivity index (χ1v) is 10.8. The molecule has 1 aromatic heterocycles. The van der Waals surface area contributed by atoms with E-state index in [9.17, 15) is 14.0 Å². The third-order valence-electron chi connectivity index (χ3n) is 4.88. The Morgan fingerprint density at radius 2 is 1.88 bits per heavy atom. The average Bonchev–Trinajstić information content (AvgIpc) is 2.80. The van der Waals surface area contributed by atoms with Crippen molar-refractivity contribution in [3.05, 3.63) is 88.5 Å². The summed E-state index contributed by atoms with van der Waals surface area (Å²) in [7, 11) is 1.57. The van der Waals surface area contributed by atoms with Gasteiger partial charge in [0.15, 0.2) is 5.16 Å². The molecule has 0 bridgehead atoms. The van der Waals surface area contributed by atoms with Gasteiger partial charge in [-0.3, -0.25) is 14.2 Å². The van der Waals surface area contributed by atoms with Crippen molar-refractivity contribution < 1.29 is 13.9 Å². The van der Waals surface area contributed by atoms with Crippen LogP contribution in [-0.2, 0) is 4.79 Å². The Hall–Kier alpha value is -3.65. The predicted molar refractivity (Wildman–Crippen MR) is 124 cm³/mol. The van der Waals surface area contributed by atoms with Gasteiger partial charge in [0.05, 0.1) is 29.5 Å². The summed E-state index contributed by atoms with van der Waals surface area (Å²) in [6, 6.07) is 18.3. The van der Waals surface area contributed by atoms with E-state index in [0.29, 0.717) is 33.2 Å². The molecule has 162 valence electrons. The van der Waals surface area contributed by atoms with Crippen molar-refractivity contribution in [2.24, 2.45) is 0 Å². The quantitative estimate of drug-likeness (QED) is 0.345. The van der Waals surface area contributed by atoms with Crippen molar-refractivity contribution in [3.63, 3.8) is 0 Å². The van der Waals surface area contributed by atoms with Gasteiger partial charge in [-0.2, -0.15) is 0 Å². The van der Waals surface area contributed by atoms with Crippen molar-refractivity contribution in [1.82, 2.24) is 9.55 Å². The molecule has 1 heterocycles. The van der Waals surface area contributed by atoms with Crippen LogP contribution in [0.3, 0.4) is 0 Å². The van der Waals surface area contributed by atoms with Crippen LogP contribution in [0.4, 0.5) is 10.1 Å². The van der Waals surface area contributed by atoms with Gasteiger partial charge in [0.1, 0.15) is 11.6 Å². The maximum absolute atomic E-state index is 13.5. The molecule has 8 heteroatoms. The Labute approximate surface area is 188 Å². The second-order valence-corrected chi connectivity index (χ2v) is 7.99. The van der Waals surface area contributed by atoms with Gasteiger partial charge in [0.2, 0.25) is 5.91 Å². The smallest absolute Gasteiger partial charge is 0.266 e. The number of carbonyl (C=O) groups excluding carboxylic acids is 1. The van der Waals surface area contributed by atoms with Gasteiger partial charge in [-0.15, -0.1) is 0 Å². The van der Waals surface area contributed by atoms with Crippen molar-refractivity contribution in [2.75, 3.05) is 18.2 Å². The molecule has 4 aromatic rings. The summed E-state index contributed by atoms with van der Waals surface area (Å²) in [5, 5.41) is 3.57. The fourth-order valence-electron chi connectivity index (χ4n) is 3.21. The summed E-state index contributed by atoms with van der Waals surface area (Å²) < 4.78 is 20.2. The fraction of sp³-hybridized carbons (Fsp3) is 0.125. The Morgan fingerprint density at radius 1 is 1.12 bits per heavy atom. The molecule has 0 saturated carbocycles. The first-order chi connectivity index (χ1) is 15.5. The lowest BCUT2D eigenvalue weighted by atomic mass is 10.2. The highest BCUT2D eigenvalue weighted by Gasteiger charge is 2.15. The van der Waals surface area contributed by atoms with Crippen LogP contribution in [0.5, 0.6) is 5.75 Å². The number of nitrogens with zero attached hydrogens (tertiary/aromatic N) is 2. The van der Waals surface area contributed by atoms with Crippen LogP contribution >= 0.6 is 11.8 Å². The maximum atomic E-state index is 13.5. The number of methoxy groups -OCH3 is 1. The molecule has 0 saturated heterocycles. The number of halogens is 1. The lowest BCUT2D eigenvalue weighted by molar-refractivity contribution is -0.113. The van der Waals surface area contributed by atoms with E-state index in [1.54, 1.807) is 68.6 Å². The summed E-state index contributed by atoms with van der Waals surface area (Å²) in [6.07, 6.45) is 0. The molecule has 3 aromatic carbocycles. The van der Waals surface area contributed by atoms with Gasteiger partial charge in [-0.05, 0) is 61.0 Å². The van der Waals surface area contributed by atoms with E-state index < -0.39 is 5.82 Å². The molecule has 1 N–H and O–H groups in total. The number of fused-ring (bicyclic) bond motifs is 1. The Kier molecular flexibility index (Phi) is 6.23. The number of amides is 1. The van der Waals surface area contributed by atoms with Crippen molar-refractivity contribution in [1.29, 1.82) is 0 Å². The van der Waals surface area contributed by atoms with Crippen molar-refractivity contribution in [2.45, 2.75) is 12.1 Å². The van der Waals surface area contributed by atoms with Crippen molar-refractivity contribution in [3.8, 4) is 11.4 Å². The first-order valence-electron chi connectivity index (χ1n) is 9.81. The average molecular weight is 450 g/mol. The minimum atomic E-state index is -0.428. The zero-order valence-corrected chi connectivity index (χ0v) is 18.3. The molecule has 0 unspecified atom stereocenters. The highest BCUT2D eigenvalue weighted by Crippen LogP contribution is 2.23. The molecule has 0 aliphatic carbocycles. The number of aromatic nitrogens is 2. The van der Waals surface area contributed by atoms with Crippen LogP contribution in [0.2, 0.25) is 0 Å². The number of aryl methyl sites for hydroxylation is 1. The highest BCUT2D eigenvalue weighted by atomic mass is 32.2. The number of ether oxygens (including phenoxy) is 1. The Morgan fingerprint density at radius 3 is 2.62 bits per heavy atom. The molecular formula is C24H20FN3O3S. The molecule has 0 spiro atoms. The van der Waals surface area contributed by atoms with Gasteiger partial charge in [-0.1, -0.05) is 30.0 Å². The van der Waals surface area contributed by atoms with E-state index in [0.717, 1.165) is 17.3 Å². The summed E-state index contributed by atoms with van der Waals surface area (Å²) in [4.78, 5) is 30.4. The number of carbonyl (C=O) groups is 1. The number of rotatable bonds is 6. The minimum Gasteiger partial charge on any atom is -0.497 e. The minimum absolute atomic E-state index is 0.00309. The second kappa shape index (κ2) is 9.23. The van der Waals surface area contributed by atoms with Gasteiger partial charge < -0.3 is 10.1 Å². The number of nitrogens with one attached hydrogen (secondary N) is 1. The van der Waals surface area contributed by atoms with Crippen molar-refractivity contribution >= 4 is 34.3 Å². The number of anilines is 1. The predicted octanol–water partition coefficient (Wildman–Crippen LogP) is 4.57. The molecular weight excluding hydrogens is 429 g/mol. The molecule has 0 fully saturated rings. The third kappa shape index (κ3) is 4.50. The monoisotopic (exact) mass is 449 g/mol. The topological polar surface area (TPSA) is 73.2 Å². The second-order valence-electron chi connectivity index (χ2n) is 7.05. The normalized spacial score (nSPS) is 10.8. The van der Waals surface area contributed by atoms with E-state index in [4.69, 9.17) is 4.74 Å². The van der Waals surface area contributed by atoms with Crippen LogP contribution in [0, 0.1) is 12.7 Å². The standard InChI is InChI=1S/C24H20FN3O3S/c1-15-7-8-16(25)13-21(15)26-22(29)14-32-24-27-20-6-4-3-5-19(20)23(30)28(24)17-9-11-18(31-2)12-10-17/h3-13H,14H2,1-2H3,(H,26,29). The molecule has 6 nitrogen and oxygen atoms in total. The van der Waals surface area contributed by atoms with Gasteiger partial charge >= 0.3 is 0 Å². The Balaban J connectivity index is 1.67. The summed E-state index contributed by atoms with van der Waals surface area (Å²) in [5.41, 5.74) is 2.09. The fourth-order valence-corrected chi connectivity index (χ4v) is 4.03. The van der Waals surface area contributed by atoms with E-state index in [1.807, 2.05) is 0 Å². The SMILES string of the molecule is COc1ccc(-n2c(SCC(=O)Nc3cc(F)ccc3C)nc3ccccc3c2=O)cc1. The van der Waals surface area contributed by atoms with Gasteiger partial charge in [0, 0.05) is 5.69 Å². The zero-order valence-electron chi connectivity index (χ0n) is 17.5. The first kappa shape index (κ1) is 21.6. The maximum Gasteiger partial charge on any atom is 0.266 e. The number of thioether (sulfide) groups is 1. The molecule has 1 amide bonds. The molecule has 0 aliphatic heterocycles. The van der Waals surface area contributed by atoms with E-state index in [1.165, 1.54) is 16.7 Å². The van der Waals surface area contributed by atoms with Crippen LogP contribution < -0.4 is 15.6 Å². The van der Waals surface area contributed by atoms with Crippen LogP contribution in [0.1, 0.15) is 5.56 Å². The lowest BCUT2D eigenvalue weighted by Gasteiger charge is -2.14. The summed E-state index contributed by atoms with van der Waals surface area (Å²) in [6.45, 7) is 1.79. The molecule has 0 aliphatic rings. The van der Waals surface area contributed by atoms with E-state index >= 15 is 0 Å². The highest BCUT2D eigenvalue weighted by molar-refractivity contribution is 7.99. The lowest BCUT2D eigenvalue weighted by Crippen LogP contribution is -2.23. The number of hydrogen-bond acceptors (Lipinski definition) is 5. The van der Waals surface area contributed by atoms with Crippen LogP contribution in [-0.4, -0.2) is 28.3 Å². The van der Waals surface area contributed by atoms with E-state index in [-0.39, 0.29) is 17.2 Å². The number of para-hydroxylation sites is 1.